The standard InChI is InChI=1S/C24H30N2O/c1-2-18-5-7-19(8-6-18)16-26(17-21-4-3-11-25-15-21)24(27)14-23-13-20-9-10-22(23)12-20/h3-8,11,15,20,22-23H,2,9-10,12-14,16-17H2,1H3. The van der Waals surface area contributed by atoms with Gasteiger partial charge in [0.1, 0.15) is 0 Å². The van der Waals surface area contributed by atoms with Gasteiger partial charge >= 0.3 is 0 Å². The van der Waals surface area contributed by atoms with Crippen LogP contribution in [-0.4, -0.2) is 15.8 Å². The van der Waals surface area contributed by atoms with Crippen LogP contribution in [0.15, 0.2) is 48.8 Å². The van der Waals surface area contributed by atoms with Crippen LogP contribution in [0.25, 0.3) is 0 Å². The van der Waals surface area contributed by atoms with Crippen LogP contribution in [0.1, 0.15) is 55.7 Å². The average molecular weight is 363 g/mol. The molecule has 2 aromatic rings. The third-order valence-electron chi connectivity index (χ3n) is 6.57. The molecule has 2 fully saturated rings. The van der Waals surface area contributed by atoms with Crippen LogP contribution in [0.3, 0.4) is 0 Å². The zero-order chi connectivity index (χ0) is 18.6. The molecule has 0 spiro atoms. The van der Waals surface area contributed by atoms with Crippen molar-refractivity contribution < 1.29 is 4.79 Å². The first-order chi connectivity index (χ1) is 13.2. The smallest absolute Gasteiger partial charge is 0.223 e. The lowest BCUT2D eigenvalue weighted by Crippen LogP contribution is -2.32. The number of nitrogens with zero attached hydrogens (tertiary/aromatic N) is 2. The minimum Gasteiger partial charge on any atom is -0.334 e. The van der Waals surface area contributed by atoms with Gasteiger partial charge in [-0.05, 0) is 66.2 Å². The summed E-state index contributed by atoms with van der Waals surface area (Å²) in [5.41, 5.74) is 3.65. The first-order valence-electron chi connectivity index (χ1n) is 10.5. The van der Waals surface area contributed by atoms with Crippen LogP contribution in [-0.2, 0) is 24.3 Å². The lowest BCUT2D eigenvalue weighted by molar-refractivity contribution is -0.133. The maximum Gasteiger partial charge on any atom is 0.223 e. The molecule has 0 saturated heterocycles. The van der Waals surface area contributed by atoms with Gasteiger partial charge in [-0.1, -0.05) is 43.7 Å². The van der Waals surface area contributed by atoms with Crippen LogP contribution in [0, 0.1) is 17.8 Å². The molecule has 1 heterocycles. The summed E-state index contributed by atoms with van der Waals surface area (Å²) in [6.45, 7) is 3.49. The summed E-state index contributed by atoms with van der Waals surface area (Å²) in [5.74, 6) is 2.59. The van der Waals surface area contributed by atoms with E-state index in [-0.39, 0.29) is 0 Å². The number of aromatic nitrogens is 1. The molecule has 0 radical (unpaired) electrons. The first kappa shape index (κ1) is 18.2. The van der Waals surface area contributed by atoms with Gasteiger partial charge in [0, 0.05) is 31.9 Å². The molecule has 27 heavy (non-hydrogen) atoms. The van der Waals surface area contributed by atoms with Crippen molar-refractivity contribution in [3.63, 3.8) is 0 Å². The summed E-state index contributed by atoms with van der Waals surface area (Å²) in [4.78, 5) is 19.5. The number of rotatable bonds is 7. The Labute approximate surface area is 162 Å². The average Bonchev–Trinajstić information content (AvgIpc) is 3.32. The van der Waals surface area contributed by atoms with Crippen LogP contribution in [0.2, 0.25) is 0 Å². The van der Waals surface area contributed by atoms with Gasteiger partial charge in [0.2, 0.25) is 5.91 Å². The Balaban J connectivity index is 1.46. The van der Waals surface area contributed by atoms with Crippen LogP contribution in [0.4, 0.5) is 0 Å². The van der Waals surface area contributed by atoms with Crippen molar-refractivity contribution in [1.29, 1.82) is 0 Å². The maximum atomic E-state index is 13.2. The summed E-state index contributed by atoms with van der Waals surface area (Å²) < 4.78 is 0. The number of carbonyl (C=O) groups excluding carboxylic acids is 1. The number of hydrogen-bond donors (Lipinski definition) is 0. The van der Waals surface area contributed by atoms with Crippen molar-refractivity contribution in [3.05, 3.63) is 65.5 Å². The third kappa shape index (κ3) is 4.40. The van der Waals surface area contributed by atoms with Crippen LogP contribution < -0.4 is 0 Å². The van der Waals surface area contributed by atoms with Gasteiger partial charge in [-0.15, -0.1) is 0 Å². The molecule has 3 heteroatoms. The summed E-state index contributed by atoms with van der Waals surface area (Å²) in [6.07, 6.45) is 10.8. The molecule has 2 aliphatic rings. The van der Waals surface area contributed by atoms with E-state index in [9.17, 15) is 4.79 Å². The van der Waals surface area contributed by atoms with Gasteiger partial charge in [0.15, 0.2) is 0 Å². The lowest BCUT2D eigenvalue weighted by atomic mass is 9.86. The van der Waals surface area contributed by atoms with E-state index in [1.807, 2.05) is 17.2 Å². The molecule has 0 N–H and O–H groups in total. The minimum atomic E-state index is 0.302. The second-order valence-electron chi connectivity index (χ2n) is 8.42. The summed E-state index contributed by atoms with van der Waals surface area (Å²) >= 11 is 0. The van der Waals surface area contributed by atoms with Crippen molar-refractivity contribution in [2.75, 3.05) is 0 Å². The fraction of sp³-hybridized carbons (Fsp3) is 0.500. The number of pyridine rings is 1. The second kappa shape index (κ2) is 8.24. The highest BCUT2D eigenvalue weighted by molar-refractivity contribution is 5.76. The van der Waals surface area contributed by atoms with Crippen LogP contribution >= 0.6 is 0 Å². The number of aryl methyl sites for hydroxylation is 1. The predicted octanol–water partition coefficient (Wildman–Crippen LogP) is 5.00. The normalized spacial score (nSPS) is 23.5. The molecular formula is C24H30N2O. The van der Waals surface area contributed by atoms with Crippen molar-refractivity contribution in [2.24, 2.45) is 17.8 Å². The van der Waals surface area contributed by atoms with E-state index in [0.29, 0.717) is 31.3 Å². The fourth-order valence-electron chi connectivity index (χ4n) is 5.02. The van der Waals surface area contributed by atoms with E-state index >= 15 is 0 Å². The zero-order valence-electron chi connectivity index (χ0n) is 16.3. The molecule has 2 aliphatic carbocycles. The van der Waals surface area contributed by atoms with Gasteiger partial charge < -0.3 is 4.90 Å². The summed E-state index contributed by atoms with van der Waals surface area (Å²) in [5, 5.41) is 0. The molecule has 0 aliphatic heterocycles. The van der Waals surface area contributed by atoms with E-state index in [1.165, 1.54) is 36.8 Å². The Bertz CT molecular complexity index is 756. The quantitative estimate of drug-likeness (QED) is 0.694. The summed E-state index contributed by atoms with van der Waals surface area (Å²) in [6, 6.07) is 12.7. The molecule has 2 saturated carbocycles. The van der Waals surface area contributed by atoms with Crippen molar-refractivity contribution >= 4 is 5.91 Å². The van der Waals surface area contributed by atoms with Crippen molar-refractivity contribution in [3.8, 4) is 0 Å². The number of hydrogen-bond acceptors (Lipinski definition) is 2. The Hall–Kier alpha value is -2.16. The second-order valence-corrected chi connectivity index (χ2v) is 8.42. The molecule has 1 amide bonds. The number of benzene rings is 1. The SMILES string of the molecule is CCc1ccc(CN(Cc2cccnc2)C(=O)CC2CC3CCC2C3)cc1. The minimum absolute atomic E-state index is 0.302. The highest BCUT2D eigenvalue weighted by atomic mass is 16.2. The molecule has 3 unspecified atom stereocenters. The van der Waals surface area contributed by atoms with Gasteiger partial charge in [-0.25, -0.2) is 0 Å². The Kier molecular flexibility index (Phi) is 5.56. The fourth-order valence-corrected chi connectivity index (χ4v) is 5.02. The highest BCUT2D eigenvalue weighted by Crippen LogP contribution is 2.49. The van der Waals surface area contributed by atoms with E-state index in [0.717, 1.165) is 23.8 Å². The predicted molar refractivity (Wildman–Crippen MR) is 108 cm³/mol. The molecule has 142 valence electrons. The van der Waals surface area contributed by atoms with Crippen molar-refractivity contribution in [2.45, 2.75) is 58.5 Å². The van der Waals surface area contributed by atoms with Gasteiger partial charge in [0.25, 0.3) is 0 Å². The number of fused-ring (bicyclic) bond motifs is 2. The molecule has 1 aromatic carbocycles. The largest absolute Gasteiger partial charge is 0.334 e. The Morgan fingerprint density at radius 3 is 2.44 bits per heavy atom. The molecule has 3 atom stereocenters. The third-order valence-corrected chi connectivity index (χ3v) is 6.57. The zero-order valence-corrected chi connectivity index (χ0v) is 16.3. The molecule has 3 nitrogen and oxygen atoms in total. The van der Waals surface area contributed by atoms with E-state index in [1.54, 1.807) is 6.20 Å². The summed E-state index contributed by atoms with van der Waals surface area (Å²) in [7, 11) is 0. The van der Waals surface area contributed by atoms with Crippen LogP contribution in [0.5, 0.6) is 0 Å². The van der Waals surface area contributed by atoms with Crippen molar-refractivity contribution in [1.82, 2.24) is 9.88 Å². The maximum absolute atomic E-state index is 13.2. The Morgan fingerprint density at radius 2 is 1.81 bits per heavy atom. The first-order valence-corrected chi connectivity index (χ1v) is 10.5. The number of carbonyl (C=O) groups is 1. The molecule has 1 aromatic heterocycles. The molecular weight excluding hydrogens is 332 g/mol. The number of amides is 1. The van der Waals surface area contributed by atoms with E-state index in [2.05, 4.69) is 42.2 Å². The molecule has 2 bridgehead atoms. The lowest BCUT2D eigenvalue weighted by Gasteiger charge is -2.27. The Morgan fingerprint density at radius 1 is 1.04 bits per heavy atom. The van der Waals surface area contributed by atoms with E-state index < -0.39 is 0 Å². The topological polar surface area (TPSA) is 33.2 Å². The van der Waals surface area contributed by atoms with Gasteiger partial charge in [-0.3, -0.25) is 9.78 Å². The van der Waals surface area contributed by atoms with Gasteiger partial charge in [-0.2, -0.15) is 0 Å². The monoisotopic (exact) mass is 362 g/mol. The molecule has 4 rings (SSSR count). The van der Waals surface area contributed by atoms with Gasteiger partial charge in [0.05, 0.1) is 0 Å². The van der Waals surface area contributed by atoms with E-state index in [4.69, 9.17) is 0 Å². The highest BCUT2D eigenvalue weighted by Gasteiger charge is 2.40.